The van der Waals surface area contributed by atoms with Crippen LogP contribution in [0.4, 0.5) is 0 Å². The molecule has 5 N–H and O–H groups in total. The van der Waals surface area contributed by atoms with E-state index in [0.717, 1.165) is 6.07 Å². The van der Waals surface area contributed by atoms with Gasteiger partial charge in [0, 0.05) is 6.07 Å². The van der Waals surface area contributed by atoms with E-state index < -0.39 is 5.91 Å². The summed E-state index contributed by atoms with van der Waals surface area (Å²) in [6, 6.07) is 2.54. The number of carbonyl (C=O) groups excluding carboxylic acids is 1. The molecule has 0 unspecified atom stereocenters. The van der Waals surface area contributed by atoms with E-state index in [9.17, 15) is 15.0 Å². The zero-order valence-corrected chi connectivity index (χ0v) is 9.74. The van der Waals surface area contributed by atoms with E-state index >= 15 is 0 Å². The van der Waals surface area contributed by atoms with Crippen molar-refractivity contribution in [3.05, 3.63) is 23.3 Å². The molecule has 0 aromatic heterocycles. The van der Waals surface area contributed by atoms with Crippen molar-refractivity contribution >= 4 is 5.91 Å². The molecule has 1 rings (SSSR count). The fourth-order valence-corrected chi connectivity index (χ4v) is 1.16. The number of amides is 1. The van der Waals surface area contributed by atoms with Crippen LogP contribution in [0.2, 0.25) is 0 Å². The molecule has 1 aromatic rings. The fraction of sp³-hybridized carbons (Fsp3) is 0.364. The molecule has 1 aromatic carbocycles. The highest BCUT2D eigenvalue weighted by atomic mass is 16.3. The predicted molar refractivity (Wildman–Crippen MR) is 62.2 cm³/mol. The van der Waals surface area contributed by atoms with Crippen LogP contribution in [0.1, 0.15) is 36.7 Å². The zero-order valence-electron chi connectivity index (χ0n) is 9.74. The van der Waals surface area contributed by atoms with Crippen molar-refractivity contribution < 1.29 is 15.0 Å². The van der Waals surface area contributed by atoms with Crippen molar-refractivity contribution in [2.75, 3.05) is 0 Å². The number of benzene rings is 1. The second-order valence-electron chi connectivity index (χ2n) is 2.83. The molecule has 5 heteroatoms. The highest BCUT2D eigenvalue weighted by Crippen LogP contribution is 2.27. The van der Waals surface area contributed by atoms with Crippen LogP contribution in [0.5, 0.6) is 11.5 Å². The lowest BCUT2D eigenvalue weighted by atomic mass is 10.1. The van der Waals surface area contributed by atoms with Gasteiger partial charge in [0.15, 0.2) is 0 Å². The maximum Gasteiger partial charge on any atom is 0.268 e. The van der Waals surface area contributed by atoms with Gasteiger partial charge in [0.2, 0.25) is 0 Å². The summed E-state index contributed by atoms with van der Waals surface area (Å²) in [4.78, 5) is 11.1. The number of hydrazine groups is 1. The summed E-state index contributed by atoms with van der Waals surface area (Å²) >= 11 is 0. The summed E-state index contributed by atoms with van der Waals surface area (Å²) in [6.07, 6.45) is 0.566. The summed E-state index contributed by atoms with van der Waals surface area (Å²) in [7, 11) is 0. The molecule has 0 bridgehead atoms. The Balaban J connectivity index is 0.00000106. The van der Waals surface area contributed by atoms with Crippen LogP contribution in [-0.2, 0) is 6.42 Å². The third-order valence-electron chi connectivity index (χ3n) is 1.95. The first kappa shape index (κ1) is 14.2. The van der Waals surface area contributed by atoms with Gasteiger partial charge >= 0.3 is 0 Å². The number of carbonyl (C=O) groups is 1. The quantitative estimate of drug-likeness (QED) is 0.347. The van der Waals surface area contributed by atoms with E-state index in [4.69, 9.17) is 5.84 Å². The molecule has 0 radical (unpaired) electrons. The fourth-order valence-electron chi connectivity index (χ4n) is 1.16. The van der Waals surface area contributed by atoms with E-state index in [1.807, 2.05) is 26.2 Å². The molecular formula is C11H18N2O3. The third-order valence-corrected chi connectivity index (χ3v) is 1.95. The number of nitrogens with two attached hydrogens (primary N) is 1. The topological polar surface area (TPSA) is 95.6 Å². The van der Waals surface area contributed by atoms with E-state index in [1.165, 1.54) is 6.07 Å². The molecule has 90 valence electrons. The van der Waals surface area contributed by atoms with Crippen molar-refractivity contribution in [3.63, 3.8) is 0 Å². The van der Waals surface area contributed by atoms with E-state index in [0.29, 0.717) is 12.0 Å². The predicted octanol–water partition coefficient (Wildman–Crippen LogP) is 1.29. The Morgan fingerprint density at radius 3 is 2.31 bits per heavy atom. The summed E-state index contributed by atoms with van der Waals surface area (Å²) in [6.45, 7) is 5.83. The average Bonchev–Trinajstić information content (AvgIpc) is 2.31. The molecule has 0 saturated carbocycles. The van der Waals surface area contributed by atoms with Gasteiger partial charge in [0.25, 0.3) is 5.91 Å². The lowest BCUT2D eigenvalue weighted by Gasteiger charge is -2.07. The van der Waals surface area contributed by atoms with Crippen LogP contribution in [0.15, 0.2) is 12.1 Å². The lowest BCUT2D eigenvalue weighted by Crippen LogP contribution is -2.30. The number of phenols is 2. The van der Waals surface area contributed by atoms with Crippen LogP contribution < -0.4 is 11.3 Å². The first-order valence-electron chi connectivity index (χ1n) is 5.16. The van der Waals surface area contributed by atoms with E-state index in [-0.39, 0.29) is 17.1 Å². The van der Waals surface area contributed by atoms with Gasteiger partial charge in [-0.2, -0.15) is 0 Å². The van der Waals surface area contributed by atoms with Crippen LogP contribution >= 0.6 is 0 Å². The molecule has 0 heterocycles. The minimum absolute atomic E-state index is 0.0291. The highest BCUT2D eigenvalue weighted by molar-refractivity contribution is 5.96. The smallest absolute Gasteiger partial charge is 0.268 e. The number of rotatable bonds is 2. The van der Waals surface area contributed by atoms with Gasteiger partial charge < -0.3 is 10.2 Å². The van der Waals surface area contributed by atoms with Crippen LogP contribution in [0, 0.1) is 0 Å². The Bertz CT molecular complexity index is 364. The second kappa shape index (κ2) is 6.68. The van der Waals surface area contributed by atoms with Gasteiger partial charge in [-0.1, -0.05) is 20.8 Å². The average molecular weight is 226 g/mol. The largest absolute Gasteiger partial charge is 0.508 e. The lowest BCUT2D eigenvalue weighted by molar-refractivity contribution is 0.0951. The standard InChI is InChI=1S/C9H12N2O3.C2H6/c1-2-5-3-6(9(14)11-10)8(13)4-7(5)12;1-2/h3-4,12-13H,2,10H2,1H3,(H,11,14);1-2H3. The Hall–Kier alpha value is -1.75. The Morgan fingerprint density at radius 2 is 1.88 bits per heavy atom. The summed E-state index contributed by atoms with van der Waals surface area (Å²) in [5.41, 5.74) is 2.55. The molecule has 0 spiro atoms. The number of hydrogen-bond donors (Lipinski definition) is 4. The number of nitrogen functional groups attached to an aromatic ring is 1. The Morgan fingerprint density at radius 1 is 1.31 bits per heavy atom. The number of aryl methyl sites for hydroxylation is 1. The van der Waals surface area contributed by atoms with Crippen molar-refractivity contribution in [1.82, 2.24) is 5.43 Å². The van der Waals surface area contributed by atoms with Gasteiger partial charge in [0.05, 0.1) is 5.56 Å². The Kier molecular flexibility index (Phi) is 5.95. The molecule has 0 fully saturated rings. The monoisotopic (exact) mass is 226 g/mol. The number of nitrogens with one attached hydrogen (secondary N) is 1. The SMILES string of the molecule is CC.CCc1cc(C(=O)NN)c(O)cc1O. The van der Waals surface area contributed by atoms with Gasteiger partial charge in [-0.3, -0.25) is 10.2 Å². The number of aromatic hydroxyl groups is 2. The van der Waals surface area contributed by atoms with Gasteiger partial charge in [-0.15, -0.1) is 0 Å². The van der Waals surface area contributed by atoms with Crippen molar-refractivity contribution in [2.24, 2.45) is 5.84 Å². The number of hydrogen-bond acceptors (Lipinski definition) is 4. The van der Waals surface area contributed by atoms with Gasteiger partial charge in [-0.25, -0.2) is 5.84 Å². The molecule has 1 amide bonds. The van der Waals surface area contributed by atoms with Crippen LogP contribution in [0.3, 0.4) is 0 Å². The summed E-state index contributed by atoms with van der Waals surface area (Å²) in [5.74, 6) is 4.03. The maximum absolute atomic E-state index is 11.1. The first-order chi connectivity index (χ1) is 7.60. The normalized spacial score (nSPS) is 9.00. The zero-order chi connectivity index (χ0) is 12.7. The van der Waals surface area contributed by atoms with E-state index in [1.54, 1.807) is 0 Å². The molecule has 5 nitrogen and oxygen atoms in total. The van der Waals surface area contributed by atoms with Crippen LogP contribution in [-0.4, -0.2) is 16.1 Å². The Labute approximate surface area is 94.9 Å². The molecule has 0 atom stereocenters. The van der Waals surface area contributed by atoms with Gasteiger partial charge in [0.1, 0.15) is 11.5 Å². The highest BCUT2D eigenvalue weighted by Gasteiger charge is 2.13. The van der Waals surface area contributed by atoms with Crippen LogP contribution in [0.25, 0.3) is 0 Å². The summed E-state index contributed by atoms with van der Waals surface area (Å²) in [5, 5.41) is 18.7. The number of phenolic OH excluding ortho intramolecular Hbond substituents is 2. The second-order valence-corrected chi connectivity index (χ2v) is 2.83. The third kappa shape index (κ3) is 3.13. The first-order valence-corrected chi connectivity index (χ1v) is 5.16. The summed E-state index contributed by atoms with van der Waals surface area (Å²) < 4.78 is 0. The molecule has 16 heavy (non-hydrogen) atoms. The maximum atomic E-state index is 11.1. The molecule has 0 aliphatic rings. The van der Waals surface area contributed by atoms with Crippen molar-refractivity contribution in [3.8, 4) is 11.5 Å². The molecule has 0 aliphatic heterocycles. The minimum Gasteiger partial charge on any atom is -0.508 e. The molecule has 0 saturated heterocycles. The van der Waals surface area contributed by atoms with E-state index in [2.05, 4.69) is 0 Å². The molecular weight excluding hydrogens is 208 g/mol. The van der Waals surface area contributed by atoms with Crippen molar-refractivity contribution in [2.45, 2.75) is 27.2 Å². The minimum atomic E-state index is -0.586. The van der Waals surface area contributed by atoms with Crippen molar-refractivity contribution in [1.29, 1.82) is 0 Å². The molecule has 0 aliphatic carbocycles. The van der Waals surface area contributed by atoms with Gasteiger partial charge in [-0.05, 0) is 18.1 Å².